The fourth-order valence-electron chi connectivity index (χ4n) is 1.76. The van der Waals surface area contributed by atoms with E-state index in [-0.39, 0.29) is 12.5 Å². The Balaban J connectivity index is 2.47. The molecule has 0 saturated heterocycles. The summed E-state index contributed by atoms with van der Waals surface area (Å²) in [5.41, 5.74) is 0.911. The zero-order valence-electron chi connectivity index (χ0n) is 12.3. The first-order valence-corrected chi connectivity index (χ1v) is 6.73. The van der Waals surface area contributed by atoms with E-state index in [1.165, 1.54) is 4.90 Å². The van der Waals surface area contributed by atoms with Crippen molar-refractivity contribution in [2.45, 2.75) is 32.4 Å². The molecule has 0 aliphatic rings. The van der Waals surface area contributed by atoms with Crippen LogP contribution in [0.4, 0.5) is 4.79 Å². The second-order valence-corrected chi connectivity index (χ2v) is 4.78. The molecule has 5 nitrogen and oxygen atoms in total. The largest absolute Gasteiger partial charge is 0.445 e. The fraction of sp³-hybridized carbons (Fsp3) is 0.467. The second kappa shape index (κ2) is 8.19. The van der Waals surface area contributed by atoms with Gasteiger partial charge in [-0.25, -0.2) is 4.79 Å². The number of alkyl carbamates (subject to hydrolysis) is 1. The summed E-state index contributed by atoms with van der Waals surface area (Å²) in [7, 11) is 3.34. The number of nitrogens with zero attached hydrogens (tertiary/aromatic N) is 1. The predicted molar refractivity (Wildman–Crippen MR) is 77.2 cm³/mol. The predicted octanol–water partition coefficient (Wildman–Crippen LogP) is 2.17. The number of likely N-dealkylation sites (N-methyl/N-ethyl adjacent to an activating group) is 1. The van der Waals surface area contributed by atoms with Crippen molar-refractivity contribution in [1.82, 2.24) is 10.2 Å². The SMILES string of the molecule is CCC[C@@H](NC(=O)OCc1ccccc1)C(=O)N(C)C. The lowest BCUT2D eigenvalue weighted by atomic mass is 10.1. The quantitative estimate of drug-likeness (QED) is 0.867. The van der Waals surface area contributed by atoms with E-state index in [2.05, 4.69) is 5.32 Å². The molecule has 1 atom stereocenters. The van der Waals surface area contributed by atoms with Crippen molar-refractivity contribution in [2.24, 2.45) is 0 Å². The molecule has 0 bridgehead atoms. The van der Waals surface area contributed by atoms with Gasteiger partial charge in [0.05, 0.1) is 0 Å². The van der Waals surface area contributed by atoms with E-state index in [9.17, 15) is 9.59 Å². The summed E-state index contributed by atoms with van der Waals surface area (Å²) in [6.45, 7) is 2.16. The molecule has 0 aromatic heterocycles. The molecule has 1 rings (SSSR count). The summed E-state index contributed by atoms with van der Waals surface area (Å²) in [6.07, 6.45) is 0.836. The van der Waals surface area contributed by atoms with Gasteiger partial charge in [-0.05, 0) is 12.0 Å². The summed E-state index contributed by atoms with van der Waals surface area (Å²) in [5.74, 6) is -0.122. The molecule has 1 aromatic carbocycles. The van der Waals surface area contributed by atoms with Crippen LogP contribution in [0.3, 0.4) is 0 Å². The number of benzene rings is 1. The van der Waals surface area contributed by atoms with E-state index >= 15 is 0 Å². The number of rotatable bonds is 6. The molecule has 0 saturated carbocycles. The monoisotopic (exact) mass is 278 g/mol. The van der Waals surface area contributed by atoms with Gasteiger partial charge < -0.3 is 15.0 Å². The number of hydrogen-bond donors (Lipinski definition) is 1. The minimum atomic E-state index is -0.567. The molecule has 0 heterocycles. The minimum absolute atomic E-state index is 0.122. The van der Waals surface area contributed by atoms with Gasteiger partial charge in [0.15, 0.2) is 0 Å². The molecule has 2 amide bonds. The van der Waals surface area contributed by atoms with Gasteiger partial charge in [-0.15, -0.1) is 0 Å². The molecule has 1 aromatic rings. The third-order valence-corrected chi connectivity index (χ3v) is 2.82. The lowest BCUT2D eigenvalue weighted by molar-refractivity contribution is -0.131. The smallest absolute Gasteiger partial charge is 0.408 e. The molecular formula is C15H22N2O3. The average Bonchev–Trinajstić information content (AvgIpc) is 2.45. The lowest BCUT2D eigenvalue weighted by Crippen LogP contribution is -2.46. The number of amides is 2. The van der Waals surface area contributed by atoms with E-state index in [4.69, 9.17) is 4.74 Å². The maximum atomic E-state index is 11.9. The van der Waals surface area contributed by atoms with Crippen LogP contribution in [0.25, 0.3) is 0 Å². The van der Waals surface area contributed by atoms with Crippen molar-refractivity contribution in [2.75, 3.05) is 14.1 Å². The van der Waals surface area contributed by atoms with Crippen molar-refractivity contribution in [1.29, 1.82) is 0 Å². The van der Waals surface area contributed by atoms with Gasteiger partial charge in [0.25, 0.3) is 0 Å². The summed E-state index contributed by atoms with van der Waals surface area (Å²) >= 11 is 0. The number of hydrogen-bond acceptors (Lipinski definition) is 3. The Kier molecular flexibility index (Phi) is 6.56. The zero-order chi connectivity index (χ0) is 15.0. The van der Waals surface area contributed by atoms with Crippen LogP contribution in [0.15, 0.2) is 30.3 Å². The minimum Gasteiger partial charge on any atom is -0.445 e. The number of carbonyl (C=O) groups excluding carboxylic acids is 2. The third kappa shape index (κ3) is 5.30. The Bertz CT molecular complexity index is 432. The van der Waals surface area contributed by atoms with Crippen LogP contribution in [0.5, 0.6) is 0 Å². The van der Waals surface area contributed by atoms with Crippen molar-refractivity contribution < 1.29 is 14.3 Å². The van der Waals surface area contributed by atoms with Gasteiger partial charge in [0, 0.05) is 14.1 Å². The van der Waals surface area contributed by atoms with Crippen LogP contribution in [0.2, 0.25) is 0 Å². The summed E-state index contributed by atoms with van der Waals surface area (Å²) < 4.78 is 5.11. The highest BCUT2D eigenvalue weighted by molar-refractivity contribution is 5.85. The lowest BCUT2D eigenvalue weighted by Gasteiger charge is -2.21. The Hall–Kier alpha value is -2.04. The van der Waals surface area contributed by atoms with Crippen LogP contribution in [-0.4, -0.2) is 37.0 Å². The third-order valence-electron chi connectivity index (χ3n) is 2.82. The standard InChI is InChI=1S/C15H22N2O3/c1-4-8-13(14(18)17(2)3)16-15(19)20-11-12-9-6-5-7-10-12/h5-7,9-10,13H,4,8,11H2,1-3H3,(H,16,19)/t13-/m1/s1. The molecule has 1 N–H and O–H groups in total. The van der Waals surface area contributed by atoms with E-state index < -0.39 is 12.1 Å². The molecule has 0 aliphatic carbocycles. The number of carbonyl (C=O) groups is 2. The maximum Gasteiger partial charge on any atom is 0.408 e. The number of ether oxygens (including phenoxy) is 1. The topological polar surface area (TPSA) is 58.6 Å². The zero-order valence-corrected chi connectivity index (χ0v) is 12.3. The van der Waals surface area contributed by atoms with Gasteiger partial charge in [-0.3, -0.25) is 4.79 Å². The highest BCUT2D eigenvalue weighted by atomic mass is 16.5. The van der Waals surface area contributed by atoms with Crippen molar-refractivity contribution in [3.05, 3.63) is 35.9 Å². The van der Waals surface area contributed by atoms with Crippen LogP contribution >= 0.6 is 0 Å². The van der Waals surface area contributed by atoms with Crippen molar-refractivity contribution in [3.63, 3.8) is 0 Å². The Morgan fingerprint density at radius 2 is 1.90 bits per heavy atom. The normalized spacial score (nSPS) is 11.6. The maximum absolute atomic E-state index is 11.9. The summed E-state index contributed by atoms with van der Waals surface area (Å²) in [4.78, 5) is 25.1. The molecule has 20 heavy (non-hydrogen) atoms. The first-order valence-electron chi connectivity index (χ1n) is 6.73. The molecule has 0 aliphatic heterocycles. The van der Waals surface area contributed by atoms with Gasteiger partial charge in [-0.2, -0.15) is 0 Å². The van der Waals surface area contributed by atoms with Gasteiger partial charge >= 0.3 is 6.09 Å². The average molecular weight is 278 g/mol. The van der Waals surface area contributed by atoms with Crippen LogP contribution < -0.4 is 5.32 Å². The summed E-state index contributed by atoms with van der Waals surface area (Å²) in [6, 6.07) is 8.89. The Morgan fingerprint density at radius 1 is 1.25 bits per heavy atom. The molecule has 110 valence electrons. The van der Waals surface area contributed by atoms with Gasteiger partial charge in [0.1, 0.15) is 12.6 Å². The molecule has 0 radical (unpaired) electrons. The number of nitrogens with one attached hydrogen (secondary N) is 1. The van der Waals surface area contributed by atoms with Crippen molar-refractivity contribution >= 4 is 12.0 Å². The molecule has 0 unspecified atom stereocenters. The Morgan fingerprint density at radius 3 is 2.45 bits per heavy atom. The molecular weight excluding hydrogens is 256 g/mol. The van der Waals surface area contributed by atoms with E-state index in [0.29, 0.717) is 6.42 Å². The van der Waals surface area contributed by atoms with Crippen LogP contribution in [0.1, 0.15) is 25.3 Å². The van der Waals surface area contributed by atoms with E-state index in [1.54, 1.807) is 14.1 Å². The molecule has 0 fully saturated rings. The first kappa shape index (κ1) is 16.0. The van der Waals surface area contributed by atoms with Gasteiger partial charge in [-0.1, -0.05) is 43.7 Å². The van der Waals surface area contributed by atoms with Crippen LogP contribution in [0, 0.1) is 0 Å². The van der Waals surface area contributed by atoms with Crippen LogP contribution in [-0.2, 0) is 16.1 Å². The van der Waals surface area contributed by atoms with Crippen molar-refractivity contribution in [3.8, 4) is 0 Å². The van der Waals surface area contributed by atoms with Gasteiger partial charge in [0.2, 0.25) is 5.91 Å². The highest BCUT2D eigenvalue weighted by Crippen LogP contribution is 2.03. The highest BCUT2D eigenvalue weighted by Gasteiger charge is 2.21. The van der Waals surface area contributed by atoms with E-state index in [0.717, 1.165) is 12.0 Å². The second-order valence-electron chi connectivity index (χ2n) is 4.78. The molecule has 5 heteroatoms. The molecule has 0 spiro atoms. The fourth-order valence-corrected chi connectivity index (χ4v) is 1.76. The van der Waals surface area contributed by atoms with E-state index in [1.807, 2.05) is 37.3 Å². The Labute approximate surface area is 119 Å². The summed E-state index contributed by atoms with van der Waals surface area (Å²) in [5, 5.41) is 2.62. The first-order chi connectivity index (χ1) is 9.54.